The number of rotatable bonds is 12. The molecule has 0 bridgehead atoms. The molecule has 0 fully saturated rings. The highest BCUT2D eigenvalue weighted by Crippen LogP contribution is 2.18. The third-order valence-electron chi connectivity index (χ3n) is 3.45. The number of methoxy groups -OCH3 is 1. The first-order valence-corrected chi connectivity index (χ1v) is 9.35. The van der Waals surface area contributed by atoms with Crippen LogP contribution in [0.15, 0.2) is 41.8 Å². The van der Waals surface area contributed by atoms with E-state index >= 15 is 0 Å². The standard InChI is InChI=1S/C17H24N2O5S/c1-22-10-11-24-14-23-9-4-12-25(21)17-18-7-8-19(17)16-6-3-2-5-15(16)13-20/h2-3,5-8,20H,4,9-14H2,1H3/t25-/m1/s1. The highest BCUT2D eigenvalue weighted by Gasteiger charge is 2.14. The maximum Gasteiger partial charge on any atom is 0.203 e. The Kier molecular flexibility index (Phi) is 8.78. The molecule has 0 saturated heterocycles. The minimum Gasteiger partial charge on any atom is -0.392 e. The number of nitrogens with zero attached hydrogens (tertiary/aromatic N) is 2. The molecule has 0 aliphatic heterocycles. The summed E-state index contributed by atoms with van der Waals surface area (Å²) >= 11 is 0. The fourth-order valence-electron chi connectivity index (χ4n) is 2.22. The molecule has 7 nitrogen and oxygen atoms in total. The fourth-order valence-corrected chi connectivity index (χ4v) is 3.34. The van der Waals surface area contributed by atoms with E-state index in [4.69, 9.17) is 14.2 Å². The van der Waals surface area contributed by atoms with Crippen LogP contribution in [0.4, 0.5) is 0 Å². The van der Waals surface area contributed by atoms with Gasteiger partial charge in [0.2, 0.25) is 5.16 Å². The second-order valence-corrected chi connectivity index (χ2v) is 6.66. The van der Waals surface area contributed by atoms with Crippen molar-refractivity contribution in [2.45, 2.75) is 18.2 Å². The zero-order chi connectivity index (χ0) is 17.9. The maximum absolute atomic E-state index is 12.5. The maximum atomic E-state index is 12.5. The number of para-hydroxylation sites is 1. The van der Waals surface area contributed by atoms with E-state index in [-0.39, 0.29) is 13.4 Å². The van der Waals surface area contributed by atoms with Gasteiger partial charge in [-0.05, 0) is 12.5 Å². The minimum atomic E-state index is -1.26. The molecule has 0 spiro atoms. The highest BCUT2D eigenvalue weighted by atomic mass is 32.2. The van der Waals surface area contributed by atoms with Gasteiger partial charge in [-0.25, -0.2) is 4.98 Å². The quantitative estimate of drug-likeness (QED) is 0.452. The molecule has 25 heavy (non-hydrogen) atoms. The largest absolute Gasteiger partial charge is 0.392 e. The number of hydrogen-bond acceptors (Lipinski definition) is 6. The fraction of sp³-hybridized carbons (Fsp3) is 0.471. The van der Waals surface area contributed by atoms with Crippen LogP contribution < -0.4 is 0 Å². The zero-order valence-corrected chi connectivity index (χ0v) is 15.1. The number of hydrogen-bond donors (Lipinski definition) is 1. The Morgan fingerprint density at radius 1 is 1.20 bits per heavy atom. The number of aromatic nitrogens is 2. The second kappa shape index (κ2) is 11.1. The lowest BCUT2D eigenvalue weighted by molar-refractivity contribution is -0.0652. The average molecular weight is 368 g/mol. The van der Waals surface area contributed by atoms with Crippen LogP contribution in [0.25, 0.3) is 5.69 Å². The molecule has 0 radical (unpaired) electrons. The number of aliphatic hydroxyl groups is 1. The molecular weight excluding hydrogens is 344 g/mol. The third kappa shape index (κ3) is 6.02. The Morgan fingerprint density at radius 2 is 2.00 bits per heavy atom. The molecule has 0 aliphatic carbocycles. The van der Waals surface area contributed by atoms with Crippen molar-refractivity contribution in [3.8, 4) is 5.69 Å². The summed E-state index contributed by atoms with van der Waals surface area (Å²) in [5.74, 6) is 0.441. The van der Waals surface area contributed by atoms with Crippen molar-refractivity contribution >= 4 is 10.8 Å². The Bertz CT molecular complexity index is 662. The molecular formula is C17H24N2O5S. The monoisotopic (exact) mass is 368 g/mol. The number of benzene rings is 1. The first-order chi connectivity index (χ1) is 12.3. The summed E-state index contributed by atoms with van der Waals surface area (Å²) in [6.45, 7) is 1.61. The minimum absolute atomic E-state index is 0.0860. The van der Waals surface area contributed by atoms with Crippen LogP contribution >= 0.6 is 0 Å². The average Bonchev–Trinajstić information content (AvgIpc) is 3.13. The predicted molar refractivity (Wildman–Crippen MR) is 94.0 cm³/mol. The van der Waals surface area contributed by atoms with Crippen molar-refractivity contribution in [2.24, 2.45) is 0 Å². The molecule has 1 heterocycles. The van der Waals surface area contributed by atoms with Gasteiger partial charge in [0.05, 0.1) is 42.9 Å². The summed E-state index contributed by atoms with van der Waals surface area (Å²) in [7, 11) is 0.358. The molecule has 0 unspecified atom stereocenters. The van der Waals surface area contributed by atoms with Crippen LogP contribution in [-0.2, 0) is 31.6 Å². The van der Waals surface area contributed by atoms with Gasteiger partial charge in [-0.1, -0.05) is 18.2 Å². The SMILES string of the molecule is COCCOCOCCC[S@@](=O)c1nccn1-c1ccccc1CO. The zero-order valence-electron chi connectivity index (χ0n) is 14.3. The van der Waals surface area contributed by atoms with Crippen molar-refractivity contribution in [1.82, 2.24) is 9.55 Å². The van der Waals surface area contributed by atoms with E-state index in [1.165, 1.54) is 0 Å². The van der Waals surface area contributed by atoms with E-state index in [1.807, 2.05) is 24.3 Å². The first-order valence-electron chi connectivity index (χ1n) is 8.03. The summed E-state index contributed by atoms with van der Waals surface area (Å²) < 4.78 is 29.7. The number of aliphatic hydroxyl groups excluding tert-OH is 1. The molecule has 1 aromatic heterocycles. The smallest absolute Gasteiger partial charge is 0.203 e. The Labute approximate surface area is 150 Å². The van der Waals surface area contributed by atoms with Gasteiger partial charge < -0.3 is 19.3 Å². The molecule has 1 N–H and O–H groups in total. The van der Waals surface area contributed by atoms with Crippen LogP contribution in [0.1, 0.15) is 12.0 Å². The summed E-state index contributed by atoms with van der Waals surface area (Å²) in [5.41, 5.74) is 1.55. The predicted octanol–water partition coefficient (Wildman–Crippen LogP) is 1.50. The van der Waals surface area contributed by atoms with Gasteiger partial charge >= 0.3 is 0 Å². The molecule has 0 saturated carbocycles. The van der Waals surface area contributed by atoms with Crippen molar-refractivity contribution < 1.29 is 23.5 Å². The Morgan fingerprint density at radius 3 is 2.80 bits per heavy atom. The first kappa shape index (κ1) is 19.7. The molecule has 0 aliphatic rings. The van der Waals surface area contributed by atoms with Crippen molar-refractivity contribution in [1.29, 1.82) is 0 Å². The van der Waals surface area contributed by atoms with Crippen molar-refractivity contribution in [3.63, 3.8) is 0 Å². The van der Waals surface area contributed by atoms with Gasteiger partial charge in [-0.15, -0.1) is 0 Å². The number of imidazole rings is 1. The van der Waals surface area contributed by atoms with Crippen LogP contribution in [0.3, 0.4) is 0 Å². The van der Waals surface area contributed by atoms with E-state index in [0.29, 0.717) is 37.2 Å². The van der Waals surface area contributed by atoms with Gasteiger partial charge in [-0.2, -0.15) is 0 Å². The van der Waals surface area contributed by atoms with Crippen LogP contribution in [0.5, 0.6) is 0 Å². The summed E-state index contributed by atoms with van der Waals surface area (Å²) in [5, 5.41) is 9.95. The van der Waals surface area contributed by atoms with E-state index in [9.17, 15) is 9.32 Å². The molecule has 2 rings (SSSR count). The van der Waals surface area contributed by atoms with Gasteiger partial charge in [0.15, 0.2) is 0 Å². The summed E-state index contributed by atoms with van der Waals surface area (Å²) in [6, 6.07) is 7.43. The highest BCUT2D eigenvalue weighted by molar-refractivity contribution is 7.84. The molecule has 138 valence electrons. The van der Waals surface area contributed by atoms with Crippen LogP contribution in [0.2, 0.25) is 0 Å². The van der Waals surface area contributed by atoms with Gasteiger partial charge in [0, 0.05) is 30.8 Å². The molecule has 0 amide bonds. The van der Waals surface area contributed by atoms with Gasteiger partial charge in [0.1, 0.15) is 6.79 Å². The molecule has 2 aromatic rings. The Balaban J connectivity index is 1.84. The Hall–Kier alpha value is -1.58. The van der Waals surface area contributed by atoms with E-state index in [1.54, 1.807) is 24.1 Å². The van der Waals surface area contributed by atoms with Gasteiger partial charge in [0.25, 0.3) is 0 Å². The normalized spacial score (nSPS) is 12.4. The lowest BCUT2D eigenvalue weighted by atomic mass is 10.2. The van der Waals surface area contributed by atoms with Crippen LogP contribution in [0, 0.1) is 0 Å². The molecule has 8 heteroatoms. The number of ether oxygens (including phenoxy) is 3. The van der Waals surface area contributed by atoms with E-state index in [2.05, 4.69) is 4.98 Å². The summed E-state index contributed by atoms with van der Waals surface area (Å²) in [4.78, 5) is 4.22. The topological polar surface area (TPSA) is 82.8 Å². The van der Waals surface area contributed by atoms with Crippen molar-refractivity contribution in [2.75, 3.05) is 39.5 Å². The van der Waals surface area contributed by atoms with Crippen molar-refractivity contribution in [3.05, 3.63) is 42.2 Å². The lowest BCUT2D eigenvalue weighted by Crippen LogP contribution is -2.11. The van der Waals surface area contributed by atoms with Crippen LogP contribution in [-0.4, -0.2) is 58.3 Å². The third-order valence-corrected chi connectivity index (χ3v) is 4.82. The van der Waals surface area contributed by atoms with E-state index < -0.39 is 10.8 Å². The lowest BCUT2D eigenvalue weighted by Gasteiger charge is -2.11. The van der Waals surface area contributed by atoms with Gasteiger partial charge in [-0.3, -0.25) is 8.78 Å². The second-order valence-electron chi connectivity index (χ2n) is 5.20. The molecule has 1 atom stereocenters. The summed E-state index contributed by atoms with van der Waals surface area (Å²) in [6.07, 6.45) is 4.00. The molecule has 1 aromatic carbocycles. The van der Waals surface area contributed by atoms with E-state index in [0.717, 1.165) is 11.3 Å².